The van der Waals surface area contributed by atoms with Crippen molar-refractivity contribution in [1.82, 2.24) is 5.32 Å². The molecule has 0 spiro atoms. The highest BCUT2D eigenvalue weighted by atomic mass is 32.2. The number of aryl methyl sites for hydroxylation is 1. The molecule has 1 unspecified atom stereocenters. The summed E-state index contributed by atoms with van der Waals surface area (Å²) in [4.78, 5) is 1.48. The first kappa shape index (κ1) is 15.1. The van der Waals surface area contributed by atoms with Crippen LogP contribution in [0.25, 0.3) is 0 Å². The van der Waals surface area contributed by atoms with Gasteiger partial charge in [0.05, 0.1) is 12.3 Å². The van der Waals surface area contributed by atoms with Crippen molar-refractivity contribution >= 4 is 23.1 Å². The van der Waals surface area contributed by atoms with Crippen molar-refractivity contribution in [2.45, 2.75) is 43.4 Å². The van der Waals surface area contributed by atoms with Gasteiger partial charge >= 0.3 is 0 Å². The summed E-state index contributed by atoms with van der Waals surface area (Å²) in [7, 11) is 0. The molecule has 1 N–H and O–H groups in total. The Morgan fingerprint density at radius 3 is 3.05 bits per heavy atom. The number of halogens is 2. The summed E-state index contributed by atoms with van der Waals surface area (Å²) in [5.74, 6) is -0.717. The molecule has 2 aromatic rings. The predicted octanol–water partition coefficient (Wildman–Crippen LogP) is 4.96. The molecule has 0 bridgehead atoms. The Balaban J connectivity index is 1.54. The van der Waals surface area contributed by atoms with Gasteiger partial charge < -0.3 is 9.73 Å². The zero-order chi connectivity index (χ0) is 14.7. The Morgan fingerprint density at radius 1 is 1.33 bits per heavy atom. The highest BCUT2D eigenvalue weighted by Crippen LogP contribution is 2.33. The third-order valence-electron chi connectivity index (χ3n) is 3.64. The SMILES string of the molecule is FC(F)SCc1ccc(CNC2CCCc3sccc32)o1. The van der Waals surface area contributed by atoms with Gasteiger partial charge in [0.2, 0.25) is 0 Å². The summed E-state index contributed by atoms with van der Waals surface area (Å²) in [6.07, 6.45) is 3.53. The van der Waals surface area contributed by atoms with Gasteiger partial charge in [-0.05, 0) is 48.4 Å². The highest BCUT2D eigenvalue weighted by Gasteiger charge is 2.20. The third-order valence-corrected chi connectivity index (χ3v) is 5.34. The topological polar surface area (TPSA) is 25.2 Å². The Labute approximate surface area is 130 Å². The van der Waals surface area contributed by atoms with E-state index in [0.717, 1.165) is 12.2 Å². The maximum Gasteiger partial charge on any atom is 0.284 e. The Hall–Kier alpha value is -0.850. The number of hydrogen-bond acceptors (Lipinski definition) is 4. The average molecular weight is 329 g/mol. The second-order valence-electron chi connectivity index (χ2n) is 5.06. The van der Waals surface area contributed by atoms with E-state index in [1.807, 2.05) is 17.4 Å². The minimum Gasteiger partial charge on any atom is -0.464 e. The molecule has 114 valence electrons. The maximum atomic E-state index is 12.1. The molecule has 0 radical (unpaired) electrons. The molecule has 0 saturated heterocycles. The van der Waals surface area contributed by atoms with Gasteiger partial charge in [-0.15, -0.1) is 11.3 Å². The van der Waals surface area contributed by atoms with Crippen molar-refractivity contribution in [2.24, 2.45) is 0 Å². The van der Waals surface area contributed by atoms with Crippen LogP contribution in [-0.4, -0.2) is 5.76 Å². The molecule has 21 heavy (non-hydrogen) atoms. The van der Waals surface area contributed by atoms with Crippen LogP contribution in [0, 0.1) is 0 Å². The Bertz CT molecular complexity index is 582. The summed E-state index contributed by atoms with van der Waals surface area (Å²) < 4.78 is 29.9. The zero-order valence-electron chi connectivity index (χ0n) is 11.5. The van der Waals surface area contributed by atoms with Crippen LogP contribution in [0.3, 0.4) is 0 Å². The molecule has 0 aromatic carbocycles. The van der Waals surface area contributed by atoms with Crippen molar-refractivity contribution in [1.29, 1.82) is 0 Å². The quantitative estimate of drug-likeness (QED) is 0.810. The van der Waals surface area contributed by atoms with Crippen molar-refractivity contribution < 1.29 is 13.2 Å². The number of rotatable bonds is 6. The van der Waals surface area contributed by atoms with Crippen LogP contribution in [0.15, 0.2) is 28.0 Å². The van der Waals surface area contributed by atoms with Gasteiger partial charge in [0.15, 0.2) is 0 Å². The van der Waals surface area contributed by atoms with E-state index in [-0.39, 0.29) is 5.75 Å². The third kappa shape index (κ3) is 3.87. The van der Waals surface area contributed by atoms with Gasteiger partial charge in [0.1, 0.15) is 11.5 Å². The fourth-order valence-electron chi connectivity index (χ4n) is 2.66. The second kappa shape index (κ2) is 6.94. The Morgan fingerprint density at radius 2 is 2.19 bits per heavy atom. The molecular weight excluding hydrogens is 312 g/mol. The summed E-state index contributed by atoms with van der Waals surface area (Å²) in [6.45, 7) is 0.638. The minimum absolute atomic E-state index is 0.218. The van der Waals surface area contributed by atoms with Crippen LogP contribution in [-0.2, 0) is 18.7 Å². The first-order chi connectivity index (χ1) is 10.2. The van der Waals surface area contributed by atoms with E-state index >= 15 is 0 Å². The van der Waals surface area contributed by atoms with Crippen molar-refractivity contribution in [3.05, 3.63) is 45.5 Å². The number of thioether (sulfide) groups is 1. The normalized spacial score (nSPS) is 18.1. The maximum absolute atomic E-state index is 12.1. The van der Waals surface area contributed by atoms with E-state index in [2.05, 4.69) is 16.8 Å². The molecule has 6 heteroatoms. The number of thiophene rings is 1. The van der Waals surface area contributed by atoms with Gasteiger partial charge in [-0.1, -0.05) is 11.8 Å². The number of nitrogens with one attached hydrogen (secondary N) is 1. The van der Waals surface area contributed by atoms with E-state index in [1.54, 1.807) is 6.07 Å². The van der Waals surface area contributed by atoms with Crippen LogP contribution < -0.4 is 5.32 Å². The van der Waals surface area contributed by atoms with Gasteiger partial charge in [-0.25, -0.2) is 0 Å². The van der Waals surface area contributed by atoms with Crippen LogP contribution in [0.1, 0.15) is 40.8 Å². The molecule has 0 aliphatic heterocycles. The summed E-state index contributed by atoms with van der Waals surface area (Å²) in [5, 5.41) is 5.67. The molecule has 1 aliphatic rings. The number of fused-ring (bicyclic) bond motifs is 1. The molecule has 1 aliphatic carbocycles. The number of furan rings is 1. The van der Waals surface area contributed by atoms with E-state index in [9.17, 15) is 8.78 Å². The van der Waals surface area contributed by atoms with E-state index < -0.39 is 5.76 Å². The Kier molecular flexibility index (Phi) is 4.98. The summed E-state index contributed by atoms with van der Waals surface area (Å²) in [5.41, 5.74) is 1.41. The van der Waals surface area contributed by atoms with Gasteiger partial charge in [0.25, 0.3) is 5.76 Å². The van der Waals surface area contributed by atoms with E-state index in [1.165, 1.54) is 23.3 Å². The van der Waals surface area contributed by atoms with Gasteiger partial charge in [-0.3, -0.25) is 0 Å². The molecule has 2 aromatic heterocycles. The second-order valence-corrected chi connectivity index (χ2v) is 7.04. The molecule has 2 nitrogen and oxygen atoms in total. The van der Waals surface area contributed by atoms with Crippen LogP contribution >= 0.6 is 23.1 Å². The number of hydrogen-bond donors (Lipinski definition) is 1. The molecule has 3 rings (SSSR count). The minimum atomic E-state index is -2.35. The molecular formula is C15H17F2NOS2. The first-order valence-electron chi connectivity index (χ1n) is 6.99. The van der Waals surface area contributed by atoms with Gasteiger partial charge in [0, 0.05) is 10.9 Å². The molecule has 2 heterocycles. The van der Waals surface area contributed by atoms with E-state index in [0.29, 0.717) is 30.1 Å². The predicted molar refractivity (Wildman–Crippen MR) is 82.8 cm³/mol. The lowest BCUT2D eigenvalue weighted by molar-refractivity contribution is 0.251. The fraction of sp³-hybridized carbons (Fsp3) is 0.467. The van der Waals surface area contributed by atoms with Crippen molar-refractivity contribution in [3.8, 4) is 0 Å². The lowest BCUT2D eigenvalue weighted by atomic mass is 9.94. The summed E-state index contributed by atoms with van der Waals surface area (Å²) in [6, 6.07) is 6.22. The van der Waals surface area contributed by atoms with Crippen LogP contribution in [0.4, 0.5) is 8.78 Å². The average Bonchev–Trinajstić information content (AvgIpc) is 3.12. The standard InChI is InChI=1S/C15H17F2NOS2/c16-15(17)21-9-11-5-4-10(19-11)8-18-13-2-1-3-14-12(13)6-7-20-14/h4-7,13,15,18H,1-3,8-9H2. The van der Waals surface area contributed by atoms with Crippen LogP contribution in [0.5, 0.6) is 0 Å². The fourth-order valence-corrected chi connectivity index (χ4v) is 4.10. The lowest BCUT2D eigenvalue weighted by Gasteiger charge is -2.23. The van der Waals surface area contributed by atoms with Crippen LogP contribution in [0.2, 0.25) is 0 Å². The molecule has 0 saturated carbocycles. The largest absolute Gasteiger partial charge is 0.464 e. The molecule has 0 amide bonds. The number of alkyl halides is 2. The van der Waals surface area contributed by atoms with E-state index in [4.69, 9.17) is 4.42 Å². The molecule has 0 fully saturated rings. The molecule has 1 atom stereocenters. The van der Waals surface area contributed by atoms with Crippen molar-refractivity contribution in [2.75, 3.05) is 0 Å². The monoisotopic (exact) mass is 329 g/mol. The summed E-state index contributed by atoms with van der Waals surface area (Å²) >= 11 is 2.42. The zero-order valence-corrected chi connectivity index (χ0v) is 13.1. The van der Waals surface area contributed by atoms with Gasteiger partial charge in [-0.2, -0.15) is 8.78 Å². The lowest BCUT2D eigenvalue weighted by Crippen LogP contribution is -2.23. The highest BCUT2D eigenvalue weighted by molar-refractivity contribution is 7.98. The first-order valence-corrected chi connectivity index (χ1v) is 8.92. The van der Waals surface area contributed by atoms with Crippen molar-refractivity contribution in [3.63, 3.8) is 0 Å². The smallest absolute Gasteiger partial charge is 0.284 e.